The second-order valence-electron chi connectivity index (χ2n) is 7.25. The molecular weight excluding hydrogens is 422 g/mol. The molecule has 4 aromatic rings. The predicted octanol–water partition coefficient (Wildman–Crippen LogP) is 6.11. The molecule has 4 nitrogen and oxygen atoms in total. The highest BCUT2D eigenvalue weighted by molar-refractivity contribution is 7.80. The third kappa shape index (κ3) is 5.42. The number of hydrogen-bond donors (Lipinski definition) is 2. The third-order valence-corrected chi connectivity index (χ3v) is 5.95. The van der Waals surface area contributed by atoms with Crippen molar-refractivity contribution in [3.05, 3.63) is 89.5 Å². The number of hydrogen-bond acceptors (Lipinski definition) is 4. The van der Waals surface area contributed by atoms with Gasteiger partial charge < -0.3 is 5.32 Å². The average Bonchev–Trinajstić information content (AvgIpc) is 3.17. The summed E-state index contributed by atoms with van der Waals surface area (Å²) in [7, 11) is 0. The van der Waals surface area contributed by atoms with Crippen LogP contribution < -0.4 is 10.6 Å². The first-order valence-electron chi connectivity index (χ1n) is 9.81. The largest absolute Gasteiger partial charge is 0.332 e. The molecule has 1 heterocycles. The van der Waals surface area contributed by atoms with E-state index in [1.165, 1.54) is 21.9 Å². The molecule has 1 aromatic heterocycles. The molecule has 0 radical (unpaired) electrons. The second kappa shape index (κ2) is 9.20. The number of carbonyl (C=O) groups is 1. The first kappa shape index (κ1) is 20.9. The van der Waals surface area contributed by atoms with Crippen LogP contribution in [0.25, 0.3) is 26.9 Å². The third-order valence-electron chi connectivity index (χ3n) is 4.67. The van der Waals surface area contributed by atoms with Crippen LogP contribution in [0.15, 0.2) is 72.8 Å². The summed E-state index contributed by atoms with van der Waals surface area (Å²) >= 11 is 6.93. The Balaban J connectivity index is 1.36. The van der Waals surface area contributed by atoms with Crippen LogP contribution in [-0.4, -0.2) is 16.0 Å². The van der Waals surface area contributed by atoms with Crippen LogP contribution in [0.3, 0.4) is 0 Å². The number of thiocarbonyl (C=S) groups is 1. The van der Waals surface area contributed by atoms with Crippen molar-refractivity contribution in [1.82, 2.24) is 10.3 Å². The fraction of sp³-hybridized carbons (Fsp3) is 0.0800. The number of nitrogens with one attached hydrogen (secondary N) is 2. The molecule has 0 spiro atoms. The van der Waals surface area contributed by atoms with Gasteiger partial charge in [0.1, 0.15) is 5.01 Å². The first-order chi connectivity index (χ1) is 15.0. The molecule has 0 aliphatic carbocycles. The maximum atomic E-state index is 12.1. The highest BCUT2D eigenvalue weighted by Crippen LogP contribution is 2.31. The van der Waals surface area contributed by atoms with Crippen molar-refractivity contribution in [1.29, 1.82) is 0 Å². The summed E-state index contributed by atoms with van der Waals surface area (Å²) in [6.07, 6.45) is 3.22. The first-order valence-corrected chi connectivity index (χ1v) is 11.0. The van der Waals surface area contributed by atoms with Gasteiger partial charge in [0.2, 0.25) is 5.91 Å². The monoisotopic (exact) mass is 443 g/mol. The molecule has 0 saturated heterocycles. The summed E-state index contributed by atoms with van der Waals surface area (Å²) in [4.78, 5) is 16.8. The molecule has 31 heavy (non-hydrogen) atoms. The predicted molar refractivity (Wildman–Crippen MR) is 134 cm³/mol. The van der Waals surface area contributed by atoms with Gasteiger partial charge in [0.05, 0.1) is 10.2 Å². The van der Waals surface area contributed by atoms with E-state index in [-0.39, 0.29) is 11.0 Å². The van der Waals surface area contributed by atoms with E-state index in [1.807, 2.05) is 55.5 Å². The quantitative estimate of drug-likeness (QED) is 0.295. The average molecular weight is 444 g/mol. The van der Waals surface area contributed by atoms with Gasteiger partial charge in [0, 0.05) is 17.3 Å². The van der Waals surface area contributed by atoms with Crippen molar-refractivity contribution in [2.45, 2.75) is 13.8 Å². The Labute approximate surface area is 190 Å². The Morgan fingerprint density at radius 1 is 0.968 bits per heavy atom. The van der Waals surface area contributed by atoms with Crippen molar-refractivity contribution in [2.24, 2.45) is 0 Å². The molecule has 0 aliphatic rings. The van der Waals surface area contributed by atoms with E-state index in [9.17, 15) is 4.79 Å². The lowest BCUT2D eigenvalue weighted by atomic mass is 10.1. The molecule has 6 heteroatoms. The Morgan fingerprint density at radius 2 is 1.68 bits per heavy atom. The van der Waals surface area contributed by atoms with Crippen molar-refractivity contribution >= 4 is 56.6 Å². The summed E-state index contributed by atoms with van der Waals surface area (Å²) < 4.78 is 1.18. The SMILES string of the molecule is Cc1ccc(/C=C/C(=O)NC(=S)Nc2ccc(-c3nc4ccc(C)cc4s3)cc2)cc1. The molecule has 0 fully saturated rings. The maximum absolute atomic E-state index is 12.1. The van der Waals surface area contributed by atoms with E-state index in [0.29, 0.717) is 0 Å². The second-order valence-corrected chi connectivity index (χ2v) is 8.69. The minimum Gasteiger partial charge on any atom is -0.332 e. The molecule has 0 saturated carbocycles. The van der Waals surface area contributed by atoms with E-state index >= 15 is 0 Å². The fourth-order valence-electron chi connectivity index (χ4n) is 3.02. The van der Waals surface area contributed by atoms with Gasteiger partial charge in [0.15, 0.2) is 5.11 Å². The lowest BCUT2D eigenvalue weighted by molar-refractivity contribution is -0.115. The Hall–Kier alpha value is -3.35. The topological polar surface area (TPSA) is 54.0 Å². The fourth-order valence-corrected chi connectivity index (χ4v) is 4.30. The molecule has 2 N–H and O–H groups in total. The van der Waals surface area contributed by atoms with E-state index in [4.69, 9.17) is 17.2 Å². The van der Waals surface area contributed by atoms with Gasteiger partial charge in [0.25, 0.3) is 0 Å². The number of thiazole rings is 1. The minimum atomic E-state index is -0.278. The molecular formula is C25H21N3OS2. The molecule has 1 amide bonds. The van der Waals surface area contributed by atoms with Crippen molar-refractivity contribution in [3.63, 3.8) is 0 Å². The van der Waals surface area contributed by atoms with Gasteiger partial charge in [-0.25, -0.2) is 4.98 Å². The van der Waals surface area contributed by atoms with E-state index < -0.39 is 0 Å². The highest BCUT2D eigenvalue weighted by atomic mass is 32.1. The van der Waals surface area contributed by atoms with Gasteiger partial charge in [-0.05, 0) is 79.7 Å². The normalized spacial score (nSPS) is 11.0. The van der Waals surface area contributed by atoms with Crippen LogP contribution in [-0.2, 0) is 4.79 Å². The number of nitrogens with zero attached hydrogens (tertiary/aromatic N) is 1. The van der Waals surface area contributed by atoms with Crippen molar-refractivity contribution < 1.29 is 4.79 Å². The number of fused-ring (bicyclic) bond motifs is 1. The van der Waals surface area contributed by atoms with Gasteiger partial charge in [-0.3, -0.25) is 10.1 Å². The van der Waals surface area contributed by atoms with E-state index in [0.717, 1.165) is 27.3 Å². The molecule has 0 atom stereocenters. The van der Waals surface area contributed by atoms with Crippen LogP contribution in [0, 0.1) is 13.8 Å². The van der Waals surface area contributed by atoms with Crippen molar-refractivity contribution in [2.75, 3.05) is 5.32 Å². The number of carbonyl (C=O) groups excluding carboxylic acids is 1. The van der Waals surface area contributed by atoms with Crippen LogP contribution in [0.5, 0.6) is 0 Å². The smallest absolute Gasteiger partial charge is 0.250 e. The van der Waals surface area contributed by atoms with E-state index in [2.05, 4.69) is 35.8 Å². The number of benzene rings is 3. The van der Waals surface area contributed by atoms with Gasteiger partial charge in [-0.2, -0.15) is 0 Å². The zero-order chi connectivity index (χ0) is 21.8. The Bertz CT molecular complexity index is 1270. The summed E-state index contributed by atoms with van der Waals surface area (Å²) in [5.41, 5.74) is 6.22. The number of aryl methyl sites for hydroxylation is 2. The molecule has 3 aromatic carbocycles. The van der Waals surface area contributed by atoms with E-state index in [1.54, 1.807) is 17.4 Å². The van der Waals surface area contributed by atoms with Crippen LogP contribution in [0.1, 0.15) is 16.7 Å². The number of aromatic nitrogens is 1. The molecule has 154 valence electrons. The zero-order valence-corrected chi connectivity index (χ0v) is 18.8. The lowest BCUT2D eigenvalue weighted by Crippen LogP contribution is -2.32. The molecule has 0 bridgehead atoms. The lowest BCUT2D eigenvalue weighted by Gasteiger charge is -2.08. The van der Waals surface area contributed by atoms with Crippen LogP contribution in [0.4, 0.5) is 5.69 Å². The number of rotatable bonds is 4. The summed E-state index contributed by atoms with van der Waals surface area (Å²) in [5.74, 6) is -0.278. The standard InChI is InChI=1S/C25H21N3OS2/c1-16-3-6-18(7-4-16)8-14-23(29)28-25(30)26-20-11-9-19(10-12-20)24-27-21-13-5-17(2)15-22(21)31-24/h3-15H,1-2H3,(H2,26,28,29,30)/b14-8+. The zero-order valence-electron chi connectivity index (χ0n) is 17.2. The Morgan fingerprint density at radius 3 is 2.42 bits per heavy atom. The molecule has 0 unspecified atom stereocenters. The summed E-state index contributed by atoms with van der Waals surface area (Å²) in [5, 5.41) is 6.93. The maximum Gasteiger partial charge on any atom is 0.250 e. The van der Waals surface area contributed by atoms with Gasteiger partial charge in [-0.15, -0.1) is 11.3 Å². The van der Waals surface area contributed by atoms with Gasteiger partial charge in [-0.1, -0.05) is 35.9 Å². The summed E-state index contributed by atoms with van der Waals surface area (Å²) in [6.45, 7) is 4.11. The highest BCUT2D eigenvalue weighted by Gasteiger charge is 2.07. The molecule has 0 aliphatic heterocycles. The number of anilines is 1. The minimum absolute atomic E-state index is 0.252. The van der Waals surface area contributed by atoms with Gasteiger partial charge >= 0.3 is 0 Å². The molecule has 4 rings (SSSR count). The Kier molecular flexibility index (Phi) is 6.21. The van der Waals surface area contributed by atoms with Crippen molar-refractivity contribution in [3.8, 4) is 10.6 Å². The van der Waals surface area contributed by atoms with Crippen LogP contribution in [0.2, 0.25) is 0 Å². The summed E-state index contributed by atoms with van der Waals surface area (Å²) in [6, 6.07) is 22.0. The van der Waals surface area contributed by atoms with Crippen LogP contribution >= 0.6 is 23.6 Å². The number of amides is 1.